The molecular weight excluding hydrogens is 260 g/mol. The highest BCUT2D eigenvalue weighted by Crippen LogP contribution is 2.36. The molecule has 1 aliphatic heterocycles. The lowest BCUT2D eigenvalue weighted by Gasteiger charge is -2.32. The second-order valence-electron chi connectivity index (χ2n) is 6.33. The Hall–Kier alpha value is -0.975. The van der Waals surface area contributed by atoms with Gasteiger partial charge in [0.2, 0.25) is 0 Å². The Bertz CT molecular complexity index is 489. The van der Waals surface area contributed by atoms with Crippen molar-refractivity contribution in [2.45, 2.75) is 58.3 Å². The van der Waals surface area contributed by atoms with Gasteiger partial charge < -0.3 is 14.4 Å². The van der Waals surface area contributed by atoms with E-state index in [4.69, 9.17) is 9.31 Å². The lowest BCUT2D eigenvalue weighted by Crippen LogP contribution is -2.41. The Balaban J connectivity index is 2.36. The average molecular weight is 281 g/mol. The molecule has 0 aliphatic carbocycles. The van der Waals surface area contributed by atoms with Gasteiger partial charge in [-0.25, -0.2) is 4.39 Å². The predicted molar refractivity (Wildman–Crippen MR) is 75.3 cm³/mol. The fourth-order valence-electron chi connectivity index (χ4n) is 2.11. The third-order valence-corrected chi connectivity index (χ3v) is 3.97. The fraction of sp³-hybridized carbons (Fsp3) is 0.643. The first-order chi connectivity index (χ1) is 9.12. The lowest BCUT2D eigenvalue weighted by molar-refractivity contribution is 0.00578. The molecule has 1 N–H and O–H groups in total. The van der Waals surface area contributed by atoms with Gasteiger partial charge in [-0.05, 0) is 40.7 Å². The lowest BCUT2D eigenvalue weighted by atomic mass is 9.77. The first-order valence-electron chi connectivity index (χ1n) is 6.80. The molecule has 0 bridgehead atoms. The van der Waals surface area contributed by atoms with Crippen LogP contribution < -0.4 is 5.46 Å². The smallest absolute Gasteiger partial charge is 0.399 e. The molecule has 0 radical (unpaired) electrons. The first-order valence-corrected chi connectivity index (χ1v) is 6.80. The summed E-state index contributed by atoms with van der Waals surface area (Å²) in [4.78, 5) is 4.06. The van der Waals surface area contributed by atoms with E-state index < -0.39 is 30.2 Å². The molecule has 0 spiro atoms. The minimum absolute atomic E-state index is 0.333. The summed E-state index contributed by atoms with van der Waals surface area (Å²) >= 11 is 0. The molecule has 0 saturated carbocycles. The summed E-state index contributed by atoms with van der Waals surface area (Å²) in [6.07, 6.45) is 0.917. The Morgan fingerprint density at radius 3 is 2.35 bits per heavy atom. The second-order valence-corrected chi connectivity index (χ2v) is 6.33. The van der Waals surface area contributed by atoms with Crippen molar-refractivity contribution in [3.8, 4) is 0 Å². The van der Waals surface area contributed by atoms with E-state index in [0.717, 1.165) is 6.20 Å². The molecule has 1 fully saturated rings. The summed E-state index contributed by atoms with van der Waals surface area (Å²) in [5.41, 5.74) is 0.155. The number of hydrogen-bond acceptors (Lipinski definition) is 4. The molecule has 0 aromatic carbocycles. The standard InChI is InChI=1S/C14H21BFNO3/c1-9(18)6-12-11(7-10(16)8-17-12)15-19-13(2,3)14(4,5)20-15/h7-9,18H,6H2,1-5H3. The molecule has 1 saturated heterocycles. The van der Waals surface area contributed by atoms with Crippen LogP contribution in [0.4, 0.5) is 4.39 Å². The molecule has 110 valence electrons. The summed E-state index contributed by atoms with van der Waals surface area (Å²) in [5.74, 6) is -0.441. The van der Waals surface area contributed by atoms with Crippen molar-refractivity contribution in [3.63, 3.8) is 0 Å². The summed E-state index contributed by atoms with van der Waals surface area (Å²) < 4.78 is 25.3. The van der Waals surface area contributed by atoms with Gasteiger partial charge >= 0.3 is 7.12 Å². The summed E-state index contributed by atoms with van der Waals surface area (Å²) in [6, 6.07) is 1.37. The van der Waals surface area contributed by atoms with Crippen LogP contribution in [0.5, 0.6) is 0 Å². The molecule has 1 atom stereocenters. The number of pyridine rings is 1. The largest absolute Gasteiger partial charge is 0.496 e. The molecule has 1 aromatic heterocycles. The highest BCUT2D eigenvalue weighted by atomic mass is 19.1. The van der Waals surface area contributed by atoms with Crippen LogP contribution in [0.2, 0.25) is 0 Å². The summed E-state index contributed by atoms with van der Waals surface area (Å²) in [7, 11) is -0.669. The quantitative estimate of drug-likeness (QED) is 0.852. The number of aliphatic hydroxyl groups excluding tert-OH is 1. The number of aliphatic hydroxyl groups is 1. The molecule has 20 heavy (non-hydrogen) atoms. The average Bonchev–Trinajstić information content (AvgIpc) is 2.50. The van der Waals surface area contributed by atoms with E-state index in [9.17, 15) is 9.50 Å². The van der Waals surface area contributed by atoms with E-state index in [1.165, 1.54) is 6.07 Å². The Morgan fingerprint density at radius 2 is 1.85 bits per heavy atom. The van der Waals surface area contributed by atoms with Crippen LogP contribution in [-0.4, -0.2) is 34.5 Å². The monoisotopic (exact) mass is 281 g/mol. The number of hydrogen-bond donors (Lipinski definition) is 1. The van der Waals surface area contributed by atoms with Crippen LogP contribution in [0.3, 0.4) is 0 Å². The molecule has 6 heteroatoms. The minimum Gasteiger partial charge on any atom is -0.399 e. The number of aromatic nitrogens is 1. The van der Waals surface area contributed by atoms with Crippen LogP contribution >= 0.6 is 0 Å². The van der Waals surface area contributed by atoms with Crippen molar-refractivity contribution in [2.75, 3.05) is 0 Å². The zero-order valence-electron chi connectivity index (χ0n) is 12.6. The number of halogens is 1. The van der Waals surface area contributed by atoms with Crippen LogP contribution in [0, 0.1) is 5.82 Å². The third kappa shape index (κ3) is 2.87. The molecule has 2 heterocycles. The molecule has 4 nitrogen and oxygen atoms in total. The van der Waals surface area contributed by atoms with Gasteiger partial charge in [-0.15, -0.1) is 0 Å². The van der Waals surface area contributed by atoms with Crippen LogP contribution in [0.1, 0.15) is 40.3 Å². The van der Waals surface area contributed by atoms with E-state index in [0.29, 0.717) is 17.6 Å². The van der Waals surface area contributed by atoms with Gasteiger partial charge in [-0.3, -0.25) is 4.98 Å². The number of rotatable bonds is 3. The Kier molecular flexibility index (Phi) is 3.93. The molecular formula is C14H21BFNO3. The van der Waals surface area contributed by atoms with Crippen molar-refractivity contribution in [2.24, 2.45) is 0 Å². The van der Waals surface area contributed by atoms with Gasteiger partial charge in [-0.2, -0.15) is 0 Å². The highest BCUT2D eigenvalue weighted by molar-refractivity contribution is 6.62. The van der Waals surface area contributed by atoms with Crippen molar-refractivity contribution >= 4 is 12.6 Å². The highest BCUT2D eigenvalue weighted by Gasteiger charge is 2.52. The fourth-order valence-corrected chi connectivity index (χ4v) is 2.11. The van der Waals surface area contributed by atoms with Crippen LogP contribution in [0.15, 0.2) is 12.3 Å². The summed E-state index contributed by atoms with van der Waals surface area (Å²) in [5, 5.41) is 9.53. The third-order valence-electron chi connectivity index (χ3n) is 3.97. The first kappa shape index (κ1) is 15.4. The maximum Gasteiger partial charge on any atom is 0.496 e. The van der Waals surface area contributed by atoms with Gasteiger partial charge in [0.25, 0.3) is 0 Å². The van der Waals surface area contributed by atoms with Crippen LogP contribution in [-0.2, 0) is 15.7 Å². The Morgan fingerprint density at radius 1 is 1.30 bits per heavy atom. The zero-order chi connectivity index (χ0) is 15.1. The van der Waals surface area contributed by atoms with Crippen molar-refractivity contribution in [1.82, 2.24) is 4.98 Å². The van der Waals surface area contributed by atoms with Gasteiger partial charge in [0, 0.05) is 17.6 Å². The van der Waals surface area contributed by atoms with Crippen molar-refractivity contribution in [1.29, 1.82) is 0 Å². The van der Waals surface area contributed by atoms with Gasteiger partial charge in [-0.1, -0.05) is 0 Å². The zero-order valence-corrected chi connectivity index (χ0v) is 12.6. The maximum atomic E-state index is 13.5. The minimum atomic E-state index is -0.669. The van der Waals surface area contributed by atoms with Gasteiger partial charge in [0.15, 0.2) is 0 Å². The predicted octanol–water partition coefficient (Wildman–Crippen LogP) is 1.44. The second kappa shape index (κ2) is 5.09. The maximum absolute atomic E-state index is 13.5. The van der Waals surface area contributed by atoms with Crippen molar-refractivity contribution < 1.29 is 18.8 Å². The molecule has 0 amide bonds. The van der Waals surface area contributed by atoms with E-state index in [-0.39, 0.29) is 0 Å². The van der Waals surface area contributed by atoms with E-state index in [2.05, 4.69) is 4.98 Å². The molecule has 1 unspecified atom stereocenters. The van der Waals surface area contributed by atoms with E-state index in [1.807, 2.05) is 27.7 Å². The van der Waals surface area contributed by atoms with E-state index >= 15 is 0 Å². The SMILES string of the molecule is CC(O)Cc1ncc(F)cc1B1OC(C)(C)C(C)(C)O1. The molecule has 1 aromatic rings. The van der Waals surface area contributed by atoms with Crippen LogP contribution in [0.25, 0.3) is 0 Å². The van der Waals surface area contributed by atoms with Crippen molar-refractivity contribution in [3.05, 3.63) is 23.8 Å². The van der Waals surface area contributed by atoms with E-state index in [1.54, 1.807) is 6.92 Å². The topological polar surface area (TPSA) is 51.6 Å². The summed E-state index contributed by atoms with van der Waals surface area (Å²) in [6.45, 7) is 9.42. The van der Waals surface area contributed by atoms with Gasteiger partial charge in [0.05, 0.1) is 23.5 Å². The molecule has 1 aliphatic rings. The Labute approximate surface area is 119 Å². The van der Waals surface area contributed by atoms with Gasteiger partial charge in [0.1, 0.15) is 5.82 Å². The normalized spacial score (nSPS) is 22.1. The number of nitrogens with zero attached hydrogens (tertiary/aromatic N) is 1. The molecule has 2 rings (SSSR count).